The van der Waals surface area contributed by atoms with E-state index in [0.717, 1.165) is 0 Å². The number of imidazole rings is 2. The Bertz CT molecular complexity index is 1080. The summed E-state index contributed by atoms with van der Waals surface area (Å²) in [5.41, 5.74) is 10.2. The molecule has 41 heavy (non-hydrogen) atoms. The number of nitrogens with one attached hydrogen (secondary N) is 2. The number of rotatable bonds is 22. The van der Waals surface area contributed by atoms with Gasteiger partial charge >= 0.3 is 0 Å². The standard InChI is InChI=1S/C30H42N8O3/c1-7-13-37(14-8-2)29(11-5,27(39)25(31)17-23-19-33-21-35-23)41-30(12-6,38(15-9-3)16-10-4)28(40)26(32)18-24-20-34-22-36-24/h7-12,19-22,25-26H,1-6,13-18,31-32H2,(H,33,35)(H,34,36)/t25-,26-,29?,30?/m0/s1. The van der Waals surface area contributed by atoms with Gasteiger partial charge in [0.05, 0.1) is 36.1 Å². The predicted molar refractivity (Wildman–Crippen MR) is 161 cm³/mol. The maximum Gasteiger partial charge on any atom is 0.205 e. The lowest BCUT2D eigenvalue weighted by Crippen LogP contribution is -2.69. The number of aromatic nitrogens is 4. The van der Waals surface area contributed by atoms with Crippen LogP contribution < -0.4 is 11.5 Å². The summed E-state index contributed by atoms with van der Waals surface area (Å²) in [7, 11) is 0. The molecule has 4 atom stereocenters. The molecule has 0 aliphatic rings. The molecular weight excluding hydrogens is 520 g/mol. The van der Waals surface area contributed by atoms with Crippen LogP contribution in [0.3, 0.4) is 0 Å². The Morgan fingerprint density at radius 2 is 1.10 bits per heavy atom. The Kier molecular flexibility index (Phi) is 12.7. The zero-order valence-electron chi connectivity index (χ0n) is 23.6. The highest BCUT2D eigenvalue weighted by atomic mass is 16.6. The topological polar surface area (TPSA) is 159 Å². The number of carbonyl (C=O) groups is 2. The second-order valence-electron chi connectivity index (χ2n) is 9.34. The van der Waals surface area contributed by atoms with Crippen LogP contribution in [0, 0.1) is 0 Å². The molecule has 0 aromatic carbocycles. The lowest BCUT2D eigenvalue weighted by Gasteiger charge is -2.49. The van der Waals surface area contributed by atoms with Gasteiger partial charge in [-0.15, -0.1) is 26.3 Å². The van der Waals surface area contributed by atoms with Crippen molar-refractivity contribution in [2.24, 2.45) is 11.5 Å². The lowest BCUT2D eigenvalue weighted by molar-refractivity contribution is -0.224. The third-order valence-corrected chi connectivity index (χ3v) is 6.55. The van der Waals surface area contributed by atoms with E-state index in [1.165, 1.54) is 24.8 Å². The van der Waals surface area contributed by atoms with E-state index < -0.39 is 35.1 Å². The third kappa shape index (κ3) is 7.60. The quantitative estimate of drug-likeness (QED) is 0.124. The van der Waals surface area contributed by atoms with Crippen molar-refractivity contribution in [3.8, 4) is 0 Å². The molecule has 2 heterocycles. The summed E-state index contributed by atoms with van der Waals surface area (Å²) >= 11 is 0. The fourth-order valence-electron chi connectivity index (χ4n) is 4.61. The highest BCUT2D eigenvalue weighted by Gasteiger charge is 2.55. The van der Waals surface area contributed by atoms with Crippen molar-refractivity contribution in [2.75, 3.05) is 26.2 Å². The summed E-state index contributed by atoms with van der Waals surface area (Å²) in [4.78, 5) is 46.1. The molecule has 2 aromatic heterocycles. The van der Waals surface area contributed by atoms with E-state index in [0.29, 0.717) is 11.4 Å². The predicted octanol–water partition coefficient (Wildman–Crippen LogP) is 1.84. The molecule has 0 saturated carbocycles. The van der Waals surface area contributed by atoms with Crippen LogP contribution in [0.15, 0.2) is 101 Å². The minimum atomic E-state index is -1.95. The first kappa shape index (κ1) is 33.2. The summed E-state index contributed by atoms with van der Waals surface area (Å²) in [6, 6.07) is -2.17. The lowest BCUT2D eigenvalue weighted by atomic mass is 9.92. The molecule has 0 aliphatic heterocycles. The van der Waals surface area contributed by atoms with Gasteiger partial charge in [0.2, 0.25) is 23.0 Å². The molecule has 0 saturated heterocycles. The van der Waals surface area contributed by atoms with Crippen LogP contribution >= 0.6 is 0 Å². The van der Waals surface area contributed by atoms with Crippen molar-refractivity contribution in [3.05, 3.63) is 112 Å². The Labute approximate surface area is 242 Å². The minimum Gasteiger partial charge on any atom is -0.351 e. The minimum absolute atomic E-state index is 0.105. The first-order valence-electron chi connectivity index (χ1n) is 13.2. The molecule has 0 spiro atoms. The van der Waals surface area contributed by atoms with Crippen molar-refractivity contribution in [2.45, 2.75) is 36.4 Å². The molecule has 0 aliphatic carbocycles. The smallest absolute Gasteiger partial charge is 0.205 e. The van der Waals surface area contributed by atoms with E-state index in [2.05, 4.69) is 59.4 Å². The number of Topliss-reactive ketones (excluding diaryl/α,β-unsaturated/α-hetero) is 2. The van der Waals surface area contributed by atoms with Gasteiger partial charge in [0, 0.05) is 51.4 Å². The molecule has 0 radical (unpaired) electrons. The normalized spacial score (nSPS) is 15.7. The number of ether oxygens (including phenoxy) is 1. The molecule has 220 valence electrons. The Hall–Kier alpha value is -4.00. The average Bonchev–Trinajstić information content (AvgIpc) is 3.68. The number of carbonyl (C=O) groups excluding carboxylic acids is 2. The number of hydrogen-bond donors (Lipinski definition) is 4. The number of H-pyrrole nitrogens is 2. The number of ketones is 2. The van der Waals surface area contributed by atoms with Crippen LogP contribution in [0.4, 0.5) is 0 Å². The molecule has 6 N–H and O–H groups in total. The largest absolute Gasteiger partial charge is 0.351 e. The molecule has 2 unspecified atom stereocenters. The summed E-state index contributed by atoms with van der Waals surface area (Å²) in [6.45, 7) is 24.0. The average molecular weight is 563 g/mol. The zero-order chi connectivity index (χ0) is 30.5. The van der Waals surface area contributed by atoms with Gasteiger partial charge in [0.25, 0.3) is 0 Å². The van der Waals surface area contributed by atoms with Crippen molar-refractivity contribution in [3.63, 3.8) is 0 Å². The van der Waals surface area contributed by atoms with Gasteiger partial charge in [-0.05, 0) is 12.2 Å². The first-order valence-corrected chi connectivity index (χ1v) is 13.2. The number of aromatic amines is 2. The van der Waals surface area contributed by atoms with Gasteiger partial charge in [-0.2, -0.15) is 0 Å². The van der Waals surface area contributed by atoms with Gasteiger partial charge in [0.15, 0.2) is 0 Å². The molecule has 0 bridgehead atoms. The second-order valence-corrected chi connectivity index (χ2v) is 9.34. The van der Waals surface area contributed by atoms with E-state index in [9.17, 15) is 9.59 Å². The highest BCUT2D eigenvalue weighted by molar-refractivity contribution is 5.97. The fraction of sp³-hybridized carbons (Fsp3) is 0.333. The van der Waals surface area contributed by atoms with E-state index in [-0.39, 0.29) is 39.0 Å². The molecule has 11 heteroatoms. The maximum absolute atomic E-state index is 14.4. The Morgan fingerprint density at radius 3 is 1.34 bits per heavy atom. The van der Waals surface area contributed by atoms with Crippen LogP contribution in [-0.4, -0.2) is 91.0 Å². The Morgan fingerprint density at radius 1 is 0.756 bits per heavy atom. The van der Waals surface area contributed by atoms with E-state index in [1.807, 2.05) is 0 Å². The zero-order valence-corrected chi connectivity index (χ0v) is 23.6. The summed E-state index contributed by atoms with van der Waals surface area (Å²) < 4.78 is 6.77. The Balaban J connectivity index is 2.76. The van der Waals surface area contributed by atoms with Gasteiger partial charge in [-0.3, -0.25) is 19.4 Å². The second kappa shape index (κ2) is 15.7. The van der Waals surface area contributed by atoms with Crippen molar-refractivity contribution >= 4 is 11.6 Å². The van der Waals surface area contributed by atoms with Crippen LogP contribution in [-0.2, 0) is 27.2 Å². The van der Waals surface area contributed by atoms with Crippen LogP contribution in [0.5, 0.6) is 0 Å². The van der Waals surface area contributed by atoms with Crippen molar-refractivity contribution in [1.29, 1.82) is 0 Å². The summed E-state index contributed by atoms with van der Waals surface area (Å²) in [6.07, 6.45) is 15.6. The summed E-state index contributed by atoms with van der Waals surface area (Å²) in [5, 5.41) is 0. The fourth-order valence-corrected chi connectivity index (χ4v) is 4.61. The third-order valence-electron chi connectivity index (χ3n) is 6.55. The van der Waals surface area contributed by atoms with E-state index in [4.69, 9.17) is 16.2 Å². The van der Waals surface area contributed by atoms with Gasteiger partial charge in [-0.1, -0.05) is 37.5 Å². The van der Waals surface area contributed by atoms with Gasteiger partial charge in [0.1, 0.15) is 0 Å². The van der Waals surface area contributed by atoms with Gasteiger partial charge in [-0.25, -0.2) is 9.97 Å². The van der Waals surface area contributed by atoms with E-state index >= 15 is 0 Å². The van der Waals surface area contributed by atoms with Crippen LogP contribution in [0.2, 0.25) is 0 Å². The molecular formula is C30H42N8O3. The van der Waals surface area contributed by atoms with Crippen LogP contribution in [0.1, 0.15) is 11.4 Å². The maximum atomic E-state index is 14.4. The number of nitrogens with two attached hydrogens (primary N) is 2. The molecule has 11 nitrogen and oxygen atoms in total. The first-order chi connectivity index (χ1) is 19.7. The molecule has 0 fully saturated rings. The number of hydrogen-bond acceptors (Lipinski definition) is 9. The van der Waals surface area contributed by atoms with Crippen LogP contribution in [0.25, 0.3) is 0 Å². The molecule has 2 rings (SSSR count). The van der Waals surface area contributed by atoms with E-state index in [1.54, 1.807) is 46.5 Å². The van der Waals surface area contributed by atoms with Crippen molar-refractivity contribution < 1.29 is 14.3 Å². The molecule has 2 aromatic rings. The van der Waals surface area contributed by atoms with Crippen molar-refractivity contribution in [1.82, 2.24) is 29.7 Å². The number of nitrogens with zero attached hydrogens (tertiary/aromatic N) is 4. The summed E-state index contributed by atoms with van der Waals surface area (Å²) in [5.74, 6) is -1.12. The monoisotopic (exact) mass is 562 g/mol. The highest BCUT2D eigenvalue weighted by Crippen LogP contribution is 2.34. The van der Waals surface area contributed by atoms with Gasteiger partial charge < -0.3 is 26.2 Å². The SMILES string of the molecule is C=CCN(CC=C)C(C=C)(OC(C=C)(C(=O)[C@@H](N)Cc1c[nH]cn1)N(CC=C)CC=C)C(=O)[C@@H](N)Cc1c[nH]cn1. The molecule has 0 amide bonds.